The van der Waals surface area contributed by atoms with Gasteiger partial charge in [0, 0.05) is 24.6 Å². The molecule has 0 atom stereocenters. The van der Waals surface area contributed by atoms with Crippen molar-refractivity contribution in [2.75, 3.05) is 42.7 Å². The zero-order valence-corrected chi connectivity index (χ0v) is 14.9. The molecule has 0 amide bonds. The van der Waals surface area contributed by atoms with Crippen LogP contribution in [0.1, 0.15) is 5.56 Å². The van der Waals surface area contributed by atoms with Crippen molar-refractivity contribution >= 4 is 39.8 Å². The maximum Gasteiger partial charge on any atom is 0.251 e. The van der Waals surface area contributed by atoms with Crippen LogP contribution in [0.2, 0.25) is 0 Å². The highest BCUT2D eigenvalue weighted by Crippen LogP contribution is 2.29. The third kappa shape index (κ3) is 3.76. The molecular weight excluding hydrogens is 342 g/mol. The number of nitrogens with zero attached hydrogens (tertiary/aromatic N) is 5. The molecule has 24 heavy (non-hydrogen) atoms. The van der Waals surface area contributed by atoms with Crippen LogP contribution in [-0.2, 0) is 11.3 Å². The quantitative estimate of drug-likeness (QED) is 0.834. The van der Waals surface area contributed by atoms with Gasteiger partial charge in [0.15, 0.2) is 0 Å². The SMILES string of the molecule is c1ccc(Cn2nc(N3CCOCC3)nc2N=C2SCCS2)cc1. The number of anilines is 1. The van der Waals surface area contributed by atoms with E-state index >= 15 is 0 Å². The minimum atomic E-state index is 0.680. The van der Waals surface area contributed by atoms with Crippen molar-refractivity contribution in [2.45, 2.75) is 6.54 Å². The Hall–Kier alpha value is -1.51. The second-order valence-corrected chi connectivity index (χ2v) is 7.95. The van der Waals surface area contributed by atoms with Crippen LogP contribution in [0, 0.1) is 0 Å². The van der Waals surface area contributed by atoms with E-state index in [1.807, 2.05) is 22.9 Å². The van der Waals surface area contributed by atoms with Gasteiger partial charge in [-0.15, -0.1) is 5.10 Å². The molecule has 126 valence electrons. The van der Waals surface area contributed by atoms with Crippen LogP contribution in [0.25, 0.3) is 0 Å². The Labute approximate surface area is 149 Å². The third-order valence-electron chi connectivity index (χ3n) is 3.84. The third-order valence-corrected chi connectivity index (χ3v) is 6.29. The van der Waals surface area contributed by atoms with Gasteiger partial charge in [-0.05, 0) is 5.56 Å². The van der Waals surface area contributed by atoms with Crippen LogP contribution < -0.4 is 4.90 Å². The van der Waals surface area contributed by atoms with E-state index in [0.717, 1.165) is 48.1 Å². The average Bonchev–Trinajstić information content (AvgIpc) is 3.28. The summed E-state index contributed by atoms with van der Waals surface area (Å²) in [5.41, 5.74) is 1.20. The van der Waals surface area contributed by atoms with E-state index in [9.17, 15) is 0 Å². The van der Waals surface area contributed by atoms with Crippen molar-refractivity contribution in [1.82, 2.24) is 14.8 Å². The minimum absolute atomic E-state index is 0.680. The average molecular weight is 361 g/mol. The number of benzene rings is 1. The van der Waals surface area contributed by atoms with Gasteiger partial charge >= 0.3 is 0 Å². The molecular formula is C16H19N5OS2. The molecule has 2 fully saturated rings. The number of ether oxygens (including phenoxy) is 1. The molecule has 4 rings (SSSR count). The zero-order valence-electron chi connectivity index (χ0n) is 13.3. The zero-order chi connectivity index (χ0) is 16.2. The molecule has 8 heteroatoms. The Morgan fingerprint density at radius 3 is 2.58 bits per heavy atom. The van der Waals surface area contributed by atoms with Crippen LogP contribution in [0.5, 0.6) is 0 Å². The van der Waals surface area contributed by atoms with Crippen molar-refractivity contribution in [2.24, 2.45) is 4.99 Å². The lowest BCUT2D eigenvalue weighted by Crippen LogP contribution is -2.37. The summed E-state index contributed by atoms with van der Waals surface area (Å²) in [5, 5.41) is 4.72. The van der Waals surface area contributed by atoms with Gasteiger partial charge in [0.2, 0.25) is 5.95 Å². The summed E-state index contributed by atoms with van der Waals surface area (Å²) in [7, 11) is 0. The van der Waals surface area contributed by atoms with E-state index < -0.39 is 0 Å². The number of rotatable bonds is 4. The highest BCUT2D eigenvalue weighted by atomic mass is 32.2. The lowest BCUT2D eigenvalue weighted by Gasteiger charge is -2.25. The van der Waals surface area contributed by atoms with Crippen LogP contribution >= 0.6 is 23.5 Å². The second-order valence-electron chi connectivity index (χ2n) is 5.53. The largest absolute Gasteiger partial charge is 0.378 e. The van der Waals surface area contributed by atoms with Crippen molar-refractivity contribution < 1.29 is 4.74 Å². The van der Waals surface area contributed by atoms with E-state index in [4.69, 9.17) is 19.8 Å². The fraction of sp³-hybridized carbons (Fsp3) is 0.438. The molecule has 2 aliphatic rings. The molecule has 0 saturated carbocycles. The van der Waals surface area contributed by atoms with Gasteiger partial charge in [0.25, 0.3) is 5.95 Å². The van der Waals surface area contributed by atoms with Gasteiger partial charge in [-0.2, -0.15) is 9.98 Å². The summed E-state index contributed by atoms with van der Waals surface area (Å²) in [6, 6.07) is 10.3. The standard InChI is InChI=1S/C16H19N5OS2/c1-2-4-13(5-3-1)12-21-14(18-16-23-10-11-24-16)17-15(19-21)20-6-8-22-9-7-20/h1-5H,6-12H2. The molecule has 0 aliphatic carbocycles. The van der Waals surface area contributed by atoms with Gasteiger partial charge in [0.1, 0.15) is 4.38 Å². The van der Waals surface area contributed by atoms with Crippen LogP contribution in [0.3, 0.4) is 0 Å². The molecule has 3 heterocycles. The highest BCUT2D eigenvalue weighted by molar-refractivity contribution is 8.41. The smallest absolute Gasteiger partial charge is 0.251 e. The fourth-order valence-corrected chi connectivity index (χ4v) is 4.75. The van der Waals surface area contributed by atoms with Crippen LogP contribution in [0.15, 0.2) is 35.3 Å². The monoisotopic (exact) mass is 361 g/mol. The van der Waals surface area contributed by atoms with Crippen LogP contribution in [-0.4, -0.2) is 56.9 Å². The van der Waals surface area contributed by atoms with E-state index in [1.54, 1.807) is 23.5 Å². The maximum absolute atomic E-state index is 5.42. The Morgan fingerprint density at radius 1 is 1.08 bits per heavy atom. The predicted molar refractivity (Wildman–Crippen MR) is 101 cm³/mol. The number of hydrogen-bond donors (Lipinski definition) is 0. The maximum atomic E-state index is 5.42. The summed E-state index contributed by atoms with van der Waals surface area (Å²) in [4.78, 5) is 11.6. The normalized spacial score (nSPS) is 18.2. The first kappa shape index (κ1) is 16.0. The van der Waals surface area contributed by atoms with Gasteiger partial charge in [-0.25, -0.2) is 4.68 Å². The topological polar surface area (TPSA) is 55.5 Å². The first-order valence-corrected chi connectivity index (χ1v) is 10.0. The lowest BCUT2D eigenvalue weighted by molar-refractivity contribution is 0.122. The van der Waals surface area contributed by atoms with E-state index in [-0.39, 0.29) is 0 Å². The number of aromatic nitrogens is 3. The summed E-state index contributed by atoms with van der Waals surface area (Å²) >= 11 is 3.59. The summed E-state index contributed by atoms with van der Waals surface area (Å²) in [6.07, 6.45) is 0. The summed E-state index contributed by atoms with van der Waals surface area (Å²) in [6.45, 7) is 3.79. The molecule has 0 radical (unpaired) electrons. The molecule has 0 unspecified atom stereocenters. The molecule has 1 aromatic carbocycles. The first-order chi connectivity index (χ1) is 11.9. The number of aliphatic imine (C=N–C) groups is 1. The van der Waals surface area contributed by atoms with Crippen molar-refractivity contribution in [3.05, 3.63) is 35.9 Å². The van der Waals surface area contributed by atoms with E-state index in [2.05, 4.69) is 17.0 Å². The Balaban J connectivity index is 1.63. The van der Waals surface area contributed by atoms with Gasteiger partial charge in [-0.1, -0.05) is 53.9 Å². The molecule has 0 N–H and O–H groups in total. The van der Waals surface area contributed by atoms with Crippen LogP contribution in [0.4, 0.5) is 11.9 Å². The Morgan fingerprint density at radius 2 is 1.83 bits per heavy atom. The van der Waals surface area contributed by atoms with Gasteiger partial charge < -0.3 is 9.64 Å². The highest BCUT2D eigenvalue weighted by Gasteiger charge is 2.19. The second kappa shape index (κ2) is 7.58. The number of thioether (sulfide) groups is 2. The Kier molecular flexibility index (Phi) is 5.05. The van der Waals surface area contributed by atoms with Gasteiger partial charge in [-0.3, -0.25) is 0 Å². The lowest BCUT2D eigenvalue weighted by atomic mass is 10.2. The number of hydrogen-bond acceptors (Lipinski definition) is 7. The number of morpholine rings is 1. The molecule has 1 aromatic heterocycles. The Bertz CT molecular complexity index is 705. The molecule has 2 aliphatic heterocycles. The summed E-state index contributed by atoms with van der Waals surface area (Å²) < 4.78 is 8.42. The molecule has 2 saturated heterocycles. The molecule has 6 nitrogen and oxygen atoms in total. The fourth-order valence-electron chi connectivity index (χ4n) is 2.61. The molecule has 0 spiro atoms. The van der Waals surface area contributed by atoms with Crippen molar-refractivity contribution in [3.8, 4) is 0 Å². The van der Waals surface area contributed by atoms with E-state index in [0.29, 0.717) is 12.5 Å². The summed E-state index contributed by atoms with van der Waals surface area (Å²) in [5.74, 6) is 3.68. The predicted octanol–water partition coefficient (Wildman–Crippen LogP) is 2.63. The van der Waals surface area contributed by atoms with Crippen molar-refractivity contribution in [3.63, 3.8) is 0 Å². The van der Waals surface area contributed by atoms with Crippen molar-refractivity contribution in [1.29, 1.82) is 0 Å². The molecule has 0 bridgehead atoms. The minimum Gasteiger partial charge on any atom is -0.378 e. The van der Waals surface area contributed by atoms with E-state index in [1.165, 1.54) is 5.56 Å². The first-order valence-electron chi connectivity index (χ1n) is 8.04. The van der Waals surface area contributed by atoms with Gasteiger partial charge in [0.05, 0.1) is 19.8 Å². The molecule has 2 aromatic rings.